The van der Waals surface area contributed by atoms with Gasteiger partial charge in [0, 0.05) is 52.0 Å². The molecule has 0 unspecified atom stereocenters. The molecule has 0 fully saturated rings. The minimum absolute atomic E-state index is 0.136. The summed E-state index contributed by atoms with van der Waals surface area (Å²) in [5.41, 5.74) is 12.1. The van der Waals surface area contributed by atoms with Gasteiger partial charge in [-0.1, -0.05) is 0 Å². The molecule has 5 rings (SSSR count). The maximum atomic E-state index is 11.9. The van der Waals surface area contributed by atoms with E-state index in [0.717, 1.165) is 50.9 Å². The Morgan fingerprint density at radius 1 is 1.06 bits per heavy atom. The van der Waals surface area contributed by atoms with E-state index in [0.29, 0.717) is 18.3 Å². The Bertz CT molecular complexity index is 1550. The minimum Gasteiger partial charge on any atom is -0.497 e. The largest absolute Gasteiger partial charge is 0.497 e. The van der Waals surface area contributed by atoms with E-state index in [-0.39, 0.29) is 5.69 Å². The third-order valence-corrected chi connectivity index (χ3v) is 6.21. The molecule has 0 aliphatic rings. The minimum atomic E-state index is -0.616. The van der Waals surface area contributed by atoms with Gasteiger partial charge in [0.2, 0.25) is 5.95 Å². The Morgan fingerprint density at radius 3 is 2.69 bits per heavy atom. The number of carbonyl (C=O) groups excluding carboxylic acids is 1. The molecule has 178 valence electrons. The van der Waals surface area contributed by atoms with Crippen LogP contribution in [0.3, 0.4) is 0 Å². The lowest BCUT2D eigenvalue weighted by atomic mass is 10.1. The van der Waals surface area contributed by atoms with Crippen molar-refractivity contribution in [2.24, 2.45) is 5.73 Å². The average molecular weight is 470 g/mol. The SMILES string of the molecule is COc1ccc2[nH]cc(CCNc3nc(Nc4ccc5[nH]c(C)c(C)c5c4)cc(C(N)=O)n3)c2c1. The molecule has 6 N–H and O–H groups in total. The van der Waals surface area contributed by atoms with Crippen LogP contribution < -0.4 is 21.1 Å². The van der Waals surface area contributed by atoms with Gasteiger partial charge in [-0.2, -0.15) is 4.98 Å². The molecule has 0 spiro atoms. The molecular formula is C26H27N7O2. The number of nitrogens with one attached hydrogen (secondary N) is 4. The number of aromatic amines is 2. The lowest BCUT2D eigenvalue weighted by Gasteiger charge is -2.11. The highest BCUT2D eigenvalue weighted by atomic mass is 16.5. The van der Waals surface area contributed by atoms with Crippen molar-refractivity contribution < 1.29 is 9.53 Å². The number of amides is 1. The molecule has 0 saturated heterocycles. The Hall–Kier alpha value is -4.53. The Balaban J connectivity index is 1.35. The summed E-state index contributed by atoms with van der Waals surface area (Å²) in [4.78, 5) is 27.4. The van der Waals surface area contributed by atoms with Crippen LogP contribution in [0.1, 0.15) is 27.3 Å². The molecule has 1 amide bonds. The van der Waals surface area contributed by atoms with Crippen molar-refractivity contribution in [3.05, 3.63) is 71.2 Å². The number of H-pyrrole nitrogens is 2. The lowest BCUT2D eigenvalue weighted by molar-refractivity contribution is 0.0995. The van der Waals surface area contributed by atoms with Crippen LogP contribution in [0.15, 0.2) is 48.7 Å². The van der Waals surface area contributed by atoms with Gasteiger partial charge in [0.05, 0.1) is 7.11 Å². The number of carbonyl (C=O) groups is 1. The highest BCUT2D eigenvalue weighted by Gasteiger charge is 2.12. The van der Waals surface area contributed by atoms with Crippen molar-refractivity contribution in [3.63, 3.8) is 0 Å². The standard InChI is InChI=1S/C26H27N7O2/c1-14-15(2)30-22-6-4-17(10-19(14)22)31-24-12-23(25(27)34)32-26(33-24)28-9-8-16-13-29-21-7-5-18(35-3)11-20(16)21/h4-7,10-13,29-30H,8-9H2,1-3H3,(H2,27,34)(H2,28,31,32,33). The molecule has 35 heavy (non-hydrogen) atoms. The van der Waals surface area contributed by atoms with Gasteiger partial charge >= 0.3 is 0 Å². The zero-order chi connectivity index (χ0) is 24.5. The highest BCUT2D eigenvalue weighted by Crippen LogP contribution is 2.27. The van der Waals surface area contributed by atoms with E-state index in [4.69, 9.17) is 10.5 Å². The first-order chi connectivity index (χ1) is 16.9. The van der Waals surface area contributed by atoms with Crippen LogP contribution in [0, 0.1) is 13.8 Å². The smallest absolute Gasteiger partial charge is 0.267 e. The molecule has 9 heteroatoms. The molecule has 0 aliphatic heterocycles. The van der Waals surface area contributed by atoms with Crippen LogP contribution in [-0.2, 0) is 6.42 Å². The van der Waals surface area contributed by atoms with E-state index in [1.54, 1.807) is 13.2 Å². The molecule has 0 radical (unpaired) electrons. The third kappa shape index (κ3) is 4.48. The number of hydrogen-bond acceptors (Lipinski definition) is 6. The number of primary amides is 1. The maximum absolute atomic E-state index is 11.9. The third-order valence-electron chi connectivity index (χ3n) is 6.21. The van der Waals surface area contributed by atoms with E-state index >= 15 is 0 Å². The molecule has 9 nitrogen and oxygen atoms in total. The zero-order valence-electron chi connectivity index (χ0n) is 19.8. The van der Waals surface area contributed by atoms with Crippen LogP contribution in [0.5, 0.6) is 5.75 Å². The molecule has 3 heterocycles. The molecule has 0 saturated carbocycles. The number of hydrogen-bond donors (Lipinski definition) is 5. The average Bonchev–Trinajstić information content (AvgIpc) is 3.38. The monoisotopic (exact) mass is 469 g/mol. The fourth-order valence-corrected chi connectivity index (χ4v) is 4.20. The zero-order valence-corrected chi connectivity index (χ0v) is 19.8. The van der Waals surface area contributed by atoms with E-state index in [9.17, 15) is 4.79 Å². The van der Waals surface area contributed by atoms with E-state index in [1.165, 1.54) is 5.56 Å². The van der Waals surface area contributed by atoms with Gasteiger partial charge in [-0.25, -0.2) is 4.98 Å². The van der Waals surface area contributed by atoms with E-state index in [2.05, 4.69) is 50.5 Å². The molecule has 0 aliphatic carbocycles. The first kappa shape index (κ1) is 22.3. The predicted molar refractivity (Wildman–Crippen MR) is 139 cm³/mol. The summed E-state index contributed by atoms with van der Waals surface area (Å²) < 4.78 is 5.35. The van der Waals surface area contributed by atoms with Gasteiger partial charge in [0.15, 0.2) is 0 Å². The number of benzene rings is 2. The second kappa shape index (κ2) is 9.02. The number of anilines is 3. The maximum Gasteiger partial charge on any atom is 0.267 e. The quantitative estimate of drug-likeness (QED) is 0.226. The lowest BCUT2D eigenvalue weighted by Crippen LogP contribution is -2.17. The number of rotatable bonds is 8. The fraction of sp³-hybridized carbons (Fsp3) is 0.192. The summed E-state index contributed by atoms with van der Waals surface area (Å²) in [6.07, 6.45) is 2.71. The van der Waals surface area contributed by atoms with Gasteiger partial charge in [-0.05, 0) is 67.8 Å². The van der Waals surface area contributed by atoms with Crippen LogP contribution in [0.4, 0.5) is 17.5 Å². The van der Waals surface area contributed by atoms with Gasteiger partial charge < -0.3 is 31.1 Å². The number of nitrogens with zero attached hydrogens (tertiary/aromatic N) is 2. The van der Waals surface area contributed by atoms with Crippen LogP contribution in [0.2, 0.25) is 0 Å². The number of nitrogens with two attached hydrogens (primary N) is 1. The number of methoxy groups -OCH3 is 1. The van der Waals surface area contributed by atoms with E-state index in [1.807, 2.05) is 36.5 Å². The van der Waals surface area contributed by atoms with E-state index < -0.39 is 5.91 Å². The first-order valence-corrected chi connectivity index (χ1v) is 11.3. The summed E-state index contributed by atoms with van der Waals surface area (Å²) in [6, 6.07) is 13.5. The number of fused-ring (bicyclic) bond motifs is 2. The number of aryl methyl sites for hydroxylation is 2. The molecule has 5 aromatic rings. The van der Waals surface area contributed by atoms with Crippen molar-refractivity contribution in [2.75, 3.05) is 24.3 Å². The number of ether oxygens (including phenoxy) is 1. The molecule has 2 aromatic carbocycles. The summed E-state index contributed by atoms with van der Waals surface area (Å²) in [5, 5.41) is 8.73. The second-order valence-electron chi connectivity index (χ2n) is 8.49. The Labute approximate surface area is 202 Å². The summed E-state index contributed by atoms with van der Waals surface area (Å²) >= 11 is 0. The molecule has 0 bridgehead atoms. The van der Waals surface area contributed by atoms with Crippen LogP contribution in [0.25, 0.3) is 21.8 Å². The summed E-state index contributed by atoms with van der Waals surface area (Å²) in [6.45, 7) is 4.70. The normalized spacial score (nSPS) is 11.2. The van der Waals surface area contributed by atoms with Gasteiger partial charge in [0.1, 0.15) is 17.3 Å². The van der Waals surface area contributed by atoms with Crippen LogP contribution >= 0.6 is 0 Å². The molecule has 3 aromatic heterocycles. The Morgan fingerprint density at radius 2 is 1.89 bits per heavy atom. The topological polar surface area (TPSA) is 134 Å². The van der Waals surface area contributed by atoms with Crippen molar-refractivity contribution in [2.45, 2.75) is 20.3 Å². The van der Waals surface area contributed by atoms with Gasteiger partial charge in [-0.15, -0.1) is 0 Å². The Kier molecular flexibility index (Phi) is 5.74. The van der Waals surface area contributed by atoms with Crippen LogP contribution in [-0.4, -0.2) is 39.5 Å². The van der Waals surface area contributed by atoms with Crippen molar-refractivity contribution in [1.29, 1.82) is 0 Å². The van der Waals surface area contributed by atoms with Gasteiger partial charge in [-0.3, -0.25) is 4.79 Å². The second-order valence-corrected chi connectivity index (χ2v) is 8.49. The van der Waals surface area contributed by atoms with Crippen molar-refractivity contribution >= 4 is 45.2 Å². The fourth-order valence-electron chi connectivity index (χ4n) is 4.20. The first-order valence-electron chi connectivity index (χ1n) is 11.3. The number of aromatic nitrogens is 4. The molecule has 0 atom stereocenters. The van der Waals surface area contributed by atoms with Gasteiger partial charge in [0.25, 0.3) is 5.91 Å². The highest BCUT2D eigenvalue weighted by molar-refractivity contribution is 5.92. The predicted octanol–water partition coefficient (Wildman–Crippen LogP) is 4.56. The summed E-state index contributed by atoms with van der Waals surface area (Å²) in [7, 11) is 1.66. The molecular weight excluding hydrogens is 442 g/mol. The van der Waals surface area contributed by atoms with Crippen molar-refractivity contribution in [1.82, 2.24) is 19.9 Å². The van der Waals surface area contributed by atoms with Crippen molar-refractivity contribution in [3.8, 4) is 5.75 Å². The summed E-state index contributed by atoms with van der Waals surface area (Å²) in [5.74, 6) is 1.01.